The maximum Gasteiger partial charge on any atom is 0.403 e. The summed E-state index contributed by atoms with van der Waals surface area (Å²) >= 11 is 11.4. The molecule has 0 heterocycles. The highest BCUT2D eigenvalue weighted by Gasteiger charge is 2.36. The topological polar surface area (TPSA) is 26.0 Å². The van der Waals surface area contributed by atoms with Crippen molar-refractivity contribution in [3.05, 3.63) is 33.8 Å². The van der Waals surface area contributed by atoms with Gasteiger partial charge in [-0.05, 0) is 18.1 Å². The third kappa shape index (κ3) is 3.26. The molecule has 1 unspecified atom stereocenters. The number of nitrogens with two attached hydrogens (primary N) is 1. The molecule has 1 atom stereocenters. The van der Waals surface area contributed by atoms with Crippen LogP contribution in [0.1, 0.15) is 5.56 Å². The minimum Gasteiger partial charge on any atom is -0.320 e. The van der Waals surface area contributed by atoms with E-state index in [9.17, 15) is 13.2 Å². The van der Waals surface area contributed by atoms with Gasteiger partial charge >= 0.3 is 6.18 Å². The Hall–Kier alpha value is -0.450. The lowest BCUT2D eigenvalue weighted by Gasteiger charge is -2.16. The summed E-state index contributed by atoms with van der Waals surface area (Å²) < 4.78 is 36.5. The molecule has 0 aromatic heterocycles. The van der Waals surface area contributed by atoms with E-state index in [1.807, 2.05) is 0 Å². The molecule has 1 rings (SSSR count). The molecule has 0 saturated heterocycles. The predicted molar refractivity (Wildman–Crippen MR) is 54.2 cm³/mol. The Kier molecular flexibility index (Phi) is 3.87. The number of hydrogen-bond acceptors (Lipinski definition) is 1. The van der Waals surface area contributed by atoms with Gasteiger partial charge in [0.05, 0.1) is 10.0 Å². The Morgan fingerprint density at radius 2 is 1.87 bits per heavy atom. The van der Waals surface area contributed by atoms with Gasteiger partial charge in [-0.1, -0.05) is 35.3 Å². The van der Waals surface area contributed by atoms with Gasteiger partial charge < -0.3 is 5.73 Å². The zero-order valence-electron chi connectivity index (χ0n) is 7.48. The van der Waals surface area contributed by atoms with Crippen molar-refractivity contribution in [3.8, 4) is 0 Å². The first-order chi connectivity index (χ1) is 6.82. The van der Waals surface area contributed by atoms with Crippen molar-refractivity contribution in [2.75, 3.05) is 0 Å². The summed E-state index contributed by atoms with van der Waals surface area (Å²) in [5, 5.41) is 0.349. The van der Waals surface area contributed by atoms with Crippen molar-refractivity contribution >= 4 is 23.2 Å². The second-order valence-corrected chi connectivity index (χ2v) is 3.85. The van der Waals surface area contributed by atoms with Crippen molar-refractivity contribution in [2.45, 2.75) is 18.6 Å². The molecule has 0 saturated carbocycles. The van der Waals surface area contributed by atoms with Crippen LogP contribution in [0.3, 0.4) is 0 Å². The third-order valence-electron chi connectivity index (χ3n) is 1.89. The fraction of sp³-hybridized carbons (Fsp3) is 0.333. The van der Waals surface area contributed by atoms with E-state index in [0.29, 0.717) is 5.56 Å². The van der Waals surface area contributed by atoms with Crippen molar-refractivity contribution < 1.29 is 13.2 Å². The highest BCUT2D eigenvalue weighted by Crippen LogP contribution is 2.29. The molecule has 0 radical (unpaired) electrons. The summed E-state index contributed by atoms with van der Waals surface area (Å²) in [5.74, 6) is 0. The molecule has 0 aliphatic carbocycles. The summed E-state index contributed by atoms with van der Waals surface area (Å²) in [7, 11) is 0. The number of rotatable bonds is 2. The first kappa shape index (κ1) is 12.6. The highest BCUT2D eigenvalue weighted by atomic mass is 35.5. The number of benzene rings is 1. The maximum atomic E-state index is 12.2. The molecule has 0 spiro atoms. The quantitative estimate of drug-likeness (QED) is 0.864. The monoisotopic (exact) mass is 257 g/mol. The Morgan fingerprint density at radius 3 is 2.40 bits per heavy atom. The Morgan fingerprint density at radius 1 is 1.27 bits per heavy atom. The summed E-state index contributed by atoms with van der Waals surface area (Å²) in [6.45, 7) is 0. The molecule has 84 valence electrons. The van der Waals surface area contributed by atoms with Gasteiger partial charge in [0.25, 0.3) is 0 Å². The fourth-order valence-electron chi connectivity index (χ4n) is 1.06. The van der Waals surface area contributed by atoms with Gasteiger partial charge in [0, 0.05) is 0 Å². The minimum absolute atomic E-state index is 0.124. The Bertz CT molecular complexity index is 352. The lowest BCUT2D eigenvalue weighted by Crippen LogP contribution is -2.39. The van der Waals surface area contributed by atoms with Gasteiger partial charge in [-0.3, -0.25) is 0 Å². The van der Waals surface area contributed by atoms with Gasteiger partial charge in [-0.25, -0.2) is 0 Å². The third-order valence-corrected chi connectivity index (χ3v) is 2.75. The maximum absolute atomic E-state index is 12.2. The fourth-order valence-corrected chi connectivity index (χ4v) is 1.46. The Balaban J connectivity index is 2.86. The standard InChI is InChI=1S/C9H8Cl2F3N/c10-6-3-1-2-5(8(6)11)4-7(15)9(12,13)14/h1-3,7H,4,15H2. The average Bonchev–Trinajstić information content (AvgIpc) is 2.11. The summed E-state index contributed by atoms with van der Waals surface area (Å²) in [5.41, 5.74) is 5.27. The van der Waals surface area contributed by atoms with Crippen molar-refractivity contribution in [1.29, 1.82) is 0 Å². The first-order valence-electron chi connectivity index (χ1n) is 4.07. The normalized spacial score (nSPS) is 14.0. The van der Waals surface area contributed by atoms with Crippen molar-refractivity contribution in [3.63, 3.8) is 0 Å². The molecule has 0 amide bonds. The second-order valence-electron chi connectivity index (χ2n) is 3.07. The van der Waals surface area contributed by atoms with Crippen LogP contribution in [0.5, 0.6) is 0 Å². The van der Waals surface area contributed by atoms with Gasteiger partial charge in [-0.15, -0.1) is 0 Å². The average molecular weight is 258 g/mol. The smallest absolute Gasteiger partial charge is 0.320 e. The largest absolute Gasteiger partial charge is 0.403 e. The molecule has 15 heavy (non-hydrogen) atoms. The van der Waals surface area contributed by atoms with Crippen LogP contribution in [0.25, 0.3) is 0 Å². The van der Waals surface area contributed by atoms with Crippen LogP contribution in [0, 0.1) is 0 Å². The summed E-state index contributed by atoms with van der Waals surface area (Å²) in [6.07, 6.45) is -4.80. The van der Waals surface area contributed by atoms with Gasteiger partial charge in [0.15, 0.2) is 0 Å². The number of alkyl halides is 3. The van der Waals surface area contributed by atoms with Gasteiger partial charge in [-0.2, -0.15) is 13.2 Å². The van der Waals surface area contributed by atoms with Crippen LogP contribution >= 0.6 is 23.2 Å². The molecular weight excluding hydrogens is 250 g/mol. The zero-order valence-corrected chi connectivity index (χ0v) is 9.00. The number of halogens is 5. The lowest BCUT2D eigenvalue weighted by atomic mass is 10.1. The summed E-state index contributed by atoms with van der Waals surface area (Å²) in [6, 6.07) is 2.59. The van der Waals surface area contributed by atoms with E-state index in [1.165, 1.54) is 18.2 Å². The molecule has 1 nitrogen and oxygen atoms in total. The molecule has 0 fully saturated rings. The van der Waals surface area contributed by atoms with Gasteiger partial charge in [0.1, 0.15) is 6.04 Å². The van der Waals surface area contributed by atoms with E-state index < -0.39 is 12.2 Å². The minimum atomic E-state index is -4.42. The van der Waals surface area contributed by atoms with Crippen molar-refractivity contribution in [1.82, 2.24) is 0 Å². The van der Waals surface area contributed by atoms with E-state index in [0.717, 1.165) is 0 Å². The molecule has 2 N–H and O–H groups in total. The lowest BCUT2D eigenvalue weighted by molar-refractivity contribution is -0.147. The molecule has 0 aliphatic rings. The molecule has 1 aromatic carbocycles. The second kappa shape index (κ2) is 4.60. The van der Waals surface area contributed by atoms with E-state index >= 15 is 0 Å². The highest BCUT2D eigenvalue weighted by molar-refractivity contribution is 6.42. The first-order valence-corrected chi connectivity index (χ1v) is 4.83. The SMILES string of the molecule is NC(Cc1cccc(Cl)c1Cl)C(F)(F)F. The molecular formula is C9H8Cl2F3N. The van der Waals surface area contributed by atoms with E-state index in [-0.39, 0.29) is 16.5 Å². The van der Waals surface area contributed by atoms with Crippen LogP contribution in [-0.2, 0) is 6.42 Å². The number of hydrogen-bond donors (Lipinski definition) is 1. The van der Waals surface area contributed by atoms with Crippen LogP contribution in [0.4, 0.5) is 13.2 Å². The van der Waals surface area contributed by atoms with E-state index in [2.05, 4.69) is 0 Å². The van der Waals surface area contributed by atoms with Crippen LogP contribution in [-0.4, -0.2) is 12.2 Å². The predicted octanol–water partition coefficient (Wildman–Crippen LogP) is 3.43. The van der Waals surface area contributed by atoms with Crippen LogP contribution in [0.2, 0.25) is 10.0 Å². The Labute approximate surface area is 95.0 Å². The van der Waals surface area contributed by atoms with Crippen LogP contribution < -0.4 is 5.73 Å². The molecule has 0 aliphatic heterocycles. The van der Waals surface area contributed by atoms with Crippen LogP contribution in [0.15, 0.2) is 18.2 Å². The summed E-state index contributed by atoms with van der Waals surface area (Å²) in [4.78, 5) is 0. The van der Waals surface area contributed by atoms with E-state index in [4.69, 9.17) is 28.9 Å². The zero-order chi connectivity index (χ0) is 11.6. The van der Waals surface area contributed by atoms with E-state index in [1.54, 1.807) is 0 Å². The molecule has 1 aromatic rings. The van der Waals surface area contributed by atoms with Gasteiger partial charge in [0.2, 0.25) is 0 Å². The molecule has 0 bridgehead atoms. The molecule has 6 heteroatoms. The van der Waals surface area contributed by atoms with Crippen molar-refractivity contribution in [2.24, 2.45) is 5.73 Å².